The second-order valence-corrected chi connectivity index (χ2v) is 6.29. The maximum absolute atomic E-state index is 12.3. The van der Waals surface area contributed by atoms with Crippen LogP contribution in [0.3, 0.4) is 0 Å². The SMILES string of the molecule is CC(C)(C)OC(=O)n1cc(/C(O)=C/C(=O)C(=O)O)c2cc(O)ccc21. The lowest BCUT2D eigenvalue weighted by atomic mass is 10.1. The van der Waals surface area contributed by atoms with Gasteiger partial charge in [0.15, 0.2) is 0 Å². The third kappa shape index (κ3) is 3.97. The quantitative estimate of drug-likeness (QED) is 0.442. The van der Waals surface area contributed by atoms with Gasteiger partial charge in [0.1, 0.15) is 17.1 Å². The highest BCUT2D eigenvalue weighted by Gasteiger charge is 2.22. The van der Waals surface area contributed by atoms with Crippen molar-refractivity contribution >= 4 is 34.5 Å². The minimum atomic E-state index is -1.73. The van der Waals surface area contributed by atoms with Crippen molar-refractivity contribution in [1.82, 2.24) is 4.57 Å². The van der Waals surface area contributed by atoms with Crippen LogP contribution < -0.4 is 0 Å². The molecule has 8 heteroatoms. The van der Waals surface area contributed by atoms with Gasteiger partial charge in [0, 0.05) is 23.2 Å². The number of ketones is 1. The molecular weight excluding hydrogens is 330 g/mol. The molecule has 0 aliphatic rings. The highest BCUT2D eigenvalue weighted by molar-refractivity contribution is 6.38. The van der Waals surface area contributed by atoms with E-state index >= 15 is 0 Å². The van der Waals surface area contributed by atoms with Crippen molar-refractivity contribution in [3.63, 3.8) is 0 Å². The van der Waals surface area contributed by atoms with Crippen LogP contribution in [0.1, 0.15) is 26.3 Å². The molecule has 1 heterocycles. The molecule has 25 heavy (non-hydrogen) atoms. The van der Waals surface area contributed by atoms with Gasteiger partial charge in [-0.3, -0.25) is 9.36 Å². The molecule has 0 atom stereocenters. The second-order valence-electron chi connectivity index (χ2n) is 6.29. The fourth-order valence-corrected chi connectivity index (χ4v) is 2.15. The van der Waals surface area contributed by atoms with Gasteiger partial charge >= 0.3 is 12.1 Å². The minimum absolute atomic E-state index is 0.00589. The van der Waals surface area contributed by atoms with E-state index in [0.29, 0.717) is 11.6 Å². The lowest BCUT2D eigenvalue weighted by Gasteiger charge is -2.19. The normalized spacial score (nSPS) is 12.2. The number of carboxylic acids is 1. The molecule has 0 saturated carbocycles. The van der Waals surface area contributed by atoms with Crippen LogP contribution in [-0.4, -0.2) is 43.3 Å². The van der Waals surface area contributed by atoms with Crippen LogP contribution in [0, 0.1) is 0 Å². The Morgan fingerprint density at radius 2 is 1.80 bits per heavy atom. The molecule has 2 aromatic rings. The highest BCUT2D eigenvalue weighted by atomic mass is 16.6. The van der Waals surface area contributed by atoms with Gasteiger partial charge in [-0.05, 0) is 39.0 Å². The van der Waals surface area contributed by atoms with Crippen LogP contribution in [-0.2, 0) is 14.3 Å². The maximum atomic E-state index is 12.3. The monoisotopic (exact) mass is 347 g/mol. The Labute approximate surface area is 142 Å². The first kappa shape index (κ1) is 18.1. The summed E-state index contributed by atoms with van der Waals surface area (Å²) in [5.74, 6) is -3.83. The van der Waals surface area contributed by atoms with E-state index in [1.807, 2.05) is 0 Å². The molecule has 0 saturated heterocycles. The van der Waals surface area contributed by atoms with Crippen molar-refractivity contribution in [2.45, 2.75) is 26.4 Å². The Morgan fingerprint density at radius 3 is 2.36 bits per heavy atom. The molecule has 0 aliphatic carbocycles. The molecule has 0 aliphatic heterocycles. The van der Waals surface area contributed by atoms with Crippen molar-refractivity contribution in [1.29, 1.82) is 0 Å². The van der Waals surface area contributed by atoms with E-state index in [2.05, 4.69) is 0 Å². The number of benzene rings is 1. The number of rotatable bonds is 3. The highest BCUT2D eigenvalue weighted by Crippen LogP contribution is 2.30. The molecule has 1 aromatic heterocycles. The van der Waals surface area contributed by atoms with Gasteiger partial charge in [0.2, 0.25) is 0 Å². The van der Waals surface area contributed by atoms with E-state index in [1.54, 1.807) is 20.8 Å². The molecule has 0 amide bonds. The number of aliphatic hydroxyl groups is 1. The van der Waals surface area contributed by atoms with E-state index in [4.69, 9.17) is 9.84 Å². The number of hydrogen-bond acceptors (Lipinski definition) is 6. The molecule has 3 N–H and O–H groups in total. The fourth-order valence-electron chi connectivity index (χ4n) is 2.15. The Bertz CT molecular complexity index is 900. The van der Waals surface area contributed by atoms with Crippen molar-refractivity contribution in [2.24, 2.45) is 0 Å². The smallest absolute Gasteiger partial charge is 0.419 e. The molecule has 0 unspecified atom stereocenters. The number of ether oxygens (including phenoxy) is 1. The van der Waals surface area contributed by atoms with Crippen LogP contribution in [0.5, 0.6) is 5.75 Å². The van der Waals surface area contributed by atoms with Gasteiger partial charge in [-0.1, -0.05) is 0 Å². The van der Waals surface area contributed by atoms with Crippen molar-refractivity contribution in [3.8, 4) is 5.75 Å². The largest absolute Gasteiger partial charge is 0.508 e. The second kappa shape index (κ2) is 6.31. The molecule has 0 fully saturated rings. The zero-order valence-electron chi connectivity index (χ0n) is 13.8. The van der Waals surface area contributed by atoms with Gasteiger partial charge < -0.3 is 20.1 Å². The number of fused-ring (bicyclic) bond motifs is 1. The maximum Gasteiger partial charge on any atom is 0.419 e. The minimum Gasteiger partial charge on any atom is -0.508 e. The van der Waals surface area contributed by atoms with Crippen molar-refractivity contribution in [2.75, 3.05) is 0 Å². The Balaban J connectivity index is 2.62. The summed E-state index contributed by atoms with van der Waals surface area (Å²) in [5.41, 5.74) is -0.446. The van der Waals surface area contributed by atoms with Gasteiger partial charge in [-0.2, -0.15) is 0 Å². The van der Waals surface area contributed by atoms with Crippen LogP contribution in [0.15, 0.2) is 30.5 Å². The van der Waals surface area contributed by atoms with E-state index in [9.17, 15) is 24.6 Å². The summed E-state index contributed by atoms with van der Waals surface area (Å²) in [6.45, 7) is 5.06. The van der Waals surface area contributed by atoms with Gasteiger partial charge in [-0.25, -0.2) is 9.59 Å². The number of phenolic OH excluding ortho intramolecular Hbond substituents is 1. The fraction of sp³-hybridized carbons (Fsp3) is 0.235. The Hall–Kier alpha value is -3.29. The molecule has 0 spiro atoms. The molecule has 132 valence electrons. The first-order valence-corrected chi connectivity index (χ1v) is 7.25. The summed E-state index contributed by atoms with van der Waals surface area (Å²) >= 11 is 0. The number of hydrogen-bond donors (Lipinski definition) is 3. The predicted octanol–water partition coefficient (Wildman–Crippen LogP) is 2.68. The first-order valence-electron chi connectivity index (χ1n) is 7.25. The zero-order chi connectivity index (χ0) is 18.9. The standard InChI is InChI=1S/C17H17NO7/c1-17(2,3)25-16(24)18-8-11(13(20)7-14(21)15(22)23)10-6-9(19)4-5-12(10)18/h4-8,19-20H,1-3H3,(H,22,23)/b13-7-. The summed E-state index contributed by atoms with van der Waals surface area (Å²) in [4.78, 5) is 34.2. The molecule has 0 bridgehead atoms. The van der Waals surface area contributed by atoms with E-state index in [1.165, 1.54) is 24.4 Å². The summed E-state index contributed by atoms with van der Waals surface area (Å²) in [6.07, 6.45) is 1.01. The van der Waals surface area contributed by atoms with E-state index in [-0.39, 0.29) is 16.7 Å². The summed E-state index contributed by atoms with van der Waals surface area (Å²) in [6, 6.07) is 4.06. The van der Waals surface area contributed by atoms with Crippen LogP contribution in [0.4, 0.5) is 4.79 Å². The lowest BCUT2D eigenvalue weighted by molar-refractivity contribution is -0.146. The number of phenols is 1. The van der Waals surface area contributed by atoms with Crippen molar-refractivity contribution in [3.05, 3.63) is 36.0 Å². The van der Waals surface area contributed by atoms with Gasteiger partial charge in [0.25, 0.3) is 5.78 Å². The topological polar surface area (TPSA) is 126 Å². The number of nitrogens with zero attached hydrogens (tertiary/aromatic N) is 1. The van der Waals surface area contributed by atoms with E-state index in [0.717, 1.165) is 4.57 Å². The molecular formula is C17H17NO7. The third-order valence-electron chi connectivity index (χ3n) is 3.13. The van der Waals surface area contributed by atoms with Gasteiger partial charge in [0.05, 0.1) is 5.52 Å². The number of carbonyl (C=O) groups excluding carboxylic acids is 2. The average Bonchev–Trinajstić information content (AvgIpc) is 2.83. The number of carboxylic acid groups (broad SMARTS) is 1. The molecule has 1 aromatic carbocycles. The number of aromatic nitrogens is 1. The molecule has 2 rings (SSSR count). The molecule has 0 radical (unpaired) electrons. The summed E-state index contributed by atoms with van der Waals surface area (Å²) in [7, 11) is 0. The first-order chi connectivity index (χ1) is 11.5. The summed E-state index contributed by atoms with van der Waals surface area (Å²) < 4.78 is 6.38. The lowest BCUT2D eigenvalue weighted by Crippen LogP contribution is -2.26. The van der Waals surface area contributed by atoms with Crippen LogP contribution in [0.25, 0.3) is 16.7 Å². The van der Waals surface area contributed by atoms with Gasteiger partial charge in [-0.15, -0.1) is 0 Å². The third-order valence-corrected chi connectivity index (χ3v) is 3.13. The zero-order valence-corrected chi connectivity index (χ0v) is 13.8. The van der Waals surface area contributed by atoms with Crippen LogP contribution >= 0.6 is 0 Å². The Morgan fingerprint density at radius 1 is 1.16 bits per heavy atom. The predicted molar refractivity (Wildman–Crippen MR) is 88.5 cm³/mol. The average molecular weight is 347 g/mol. The number of aliphatic hydroxyl groups excluding tert-OH is 1. The number of aliphatic carboxylic acids is 1. The van der Waals surface area contributed by atoms with Crippen LogP contribution in [0.2, 0.25) is 0 Å². The Kier molecular flexibility index (Phi) is 4.56. The summed E-state index contributed by atoms with van der Waals surface area (Å²) in [5, 5.41) is 28.6. The number of carbonyl (C=O) groups is 3. The number of aromatic hydroxyl groups is 1. The van der Waals surface area contributed by atoms with Crippen molar-refractivity contribution < 1.29 is 34.4 Å². The molecule has 8 nitrogen and oxygen atoms in total. The van der Waals surface area contributed by atoms with E-state index < -0.39 is 29.2 Å².